The van der Waals surface area contributed by atoms with E-state index in [4.69, 9.17) is 4.74 Å². The number of aryl methyl sites for hydroxylation is 1. The van der Waals surface area contributed by atoms with Crippen LogP contribution in [0.5, 0.6) is 0 Å². The molecule has 3 heterocycles. The predicted molar refractivity (Wildman–Crippen MR) is 105 cm³/mol. The van der Waals surface area contributed by atoms with Crippen LogP contribution in [0.15, 0.2) is 0 Å². The first-order valence-corrected chi connectivity index (χ1v) is 10.7. The van der Waals surface area contributed by atoms with E-state index in [-0.39, 0.29) is 12.0 Å². The molecule has 1 atom stereocenters. The third-order valence-corrected chi connectivity index (χ3v) is 5.47. The highest BCUT2D eigenvalue weighted by Gasteiger charge is 2.28. The first-order valence-electron chi connectivity index (χ1n) is 10.7. The lowest BCUT2D eigenvalue weighted by Gasteiger charge is -2.31. The van der Waals surface area contributed by atoms with Crippen LogP contribution in [0.2, 0.25) is 0 Å². The lowest BCUT2D eigenvalue weighted by molar-refractivity contribution is -0.122. The molecule has 0 bridgehead atoms. The molecule has 1 N–H and O–H groups in total. The zero-order valence-corrected chi connectivity index (χ0v) is 17.0. The van der Waals surface area contributed by atoms with Gasteiger partial charge in [0.15, 0.2) is 0 Å². The third kappa shape index (κ3) is 6.01. The van der Waals surface area contributed by atoms with Crippen LogP contribution in [0.1, 0.15) is 69.9 Å². The van der Waals surface area contributed by atoms with Crippen LogP contribution in [-0.4, -0.2) is 64.5 Å². The Morgan fingerprint density at radius 1 is 1.22 bits per heavy atom. The molecule has 1 fully saturated rings. The number of rotatable bonds is 8. The average Bonchev–Trinajstić information content (AvgIpc) is 2.90. The van der Waals surface area contributed by atoms with Gasteiger partial charge in [0.1, 0.15) is 11.6 Å². The lowest BCUT2D eigenvalue weighted by Crippen LogP contribution is -2.42. The van der Waals surface area contributed by atoms with Crippen molar-refractivity contribution in [2.24, 2.45) is 0 Å². The van der Waals surface area contributed by atoms with Gasteiger partial charge in [-0.15, -0.1) is 10.2 Å². The standard InChI is InChI=1S/C20H35N5O2/c1-16(2)27-13-7-10-21-19(26)15-24-11-6-8-17(14-24)20-23-22-18-9-4-3-5-12-25(18)20/h16-17H,3-15H2,1-2H3,(H,21,26). The Morgan fingerprint density at radius 2 is 2.11 bits per heavy atom. The van der Waals surface area contributed by atoms with Crippen molar-refractivity contribution in [2.45, 2.75) is 77.4 Å². The molecule has 1 aromatic heterocycles. The van der Waals surface area contributed by atoms with E-state index in [1.165, 1.54) is 19.3 Å². The van der Waals surface area contributed by atoms with Crippen LogP contribution < -0.4 is 5.32 Å². The van der Waals surface area contributed by atoms with Crippen molar-refractivity contribution >= 4 is 5.91 Å². The number of nitrogens with zero attached hydrogens (tertiary/aromatic N) is 4. The predicted octanol–water partition coefficient (Wildman–Crippen LogP) is 2.12. The summed E-state index contributed by atoms with van der Waals surface area (Å²) in [5.41, 5.74) is 0. The van der Waals surface area contributed by atoms with Gasteiger partial charge >= 0.3 is 0 Å². The number of nitrogens with one attached hydrogen (secondary N) is 1. The minimum Gasteiger partial charge on any atom is -0.379 e. The monoisotopic (exact) mass is 377 g/mol. The van der Waals surface area contributed by atoms with Crippen LogP contribution in [-0.2, 0) is 22.5 Å². The van der Waals surface area contributed by atoms with Gasteiger partial charge in [-0.2, -0.15) is 0 Å². The van der Waals surface area contributed by atoms with Gasteiger partial charge in [0.2, 0.25) is 5.91 Å². The maximum Gasteiger partial charge on any atom is 0.234 e. The van der Waals surface area contributed by atoms with Crippen LogP contribution in [0.4, 0.5) is 0 Å². The molecule has 7 heteroatoms. The highest BCUT2D eigenvalue weighted by Crippen LogP contribution is 2.27. The smallest absolute Gasteiger partial charge is 0.234 e. The summed E-state index contributed by atoms with van der Waals surface area (Å²) in [7, 11) is 0. The number of ether oxygens (including phenoxy) is 1. The van der Waals surface area contributed by atoms with Crippen molar-refractivity contribution in [3.8, 4) is 0 Å². The SMILES string of the molecule is CC(C)OCCCNC(=O)CN1CCCC(c2nnc3n2CCCCC3)C1. The Labute approximate surface area is 162 Å². The van der Waals surface area contributed by atoms with E-state index in [0.717, 1.165) is 57.0 Å². The molecular formula is C20H35N5O2. The van der Waals surface area contributed by atoms with Gasteiger partial charge in [0.25, 0.3) is 0 Å². The van der Waals surface area contributed by atoms with Crippen molar-refractivity contribution in [3.63, 3.8) is 0 Å². The zero-order valence-electron chi connectivity index (χ0n) is 17.0. The molecule has 0 radical (unpaired) electrons. The molecule has 1 unspecified atom stereocenters. The normalized spacial score (nSPS) is 21.1. The number of hydrogen-bond acceptors (Lipinski definition) is 5. The van der Waals surface area contributed by atoms with Crippen LogP contribution in [0.3, 0.4) is 0 Å². The second-order valence-corrected chi connectivity index (χ2v) is 8.13. The molecular weight excluding hydrogens is 342 g/mol. The molecule has 7 nitrogen and oxygen atoms in total. The van der Waals surface area contributed by atoms with Gasteiger partial charge in [-0.1, -0.05) is 6.42 Å². The number of piperidine rings is 1. The van der Waals surface area contributed by atoms with Gasteiger partial charge in [0.05, 0.1) is 12.6 Å². The fourth-order valence-electron chi connectivity index (χ4n) is 4.10. The van der Waals surface area contributed by atoms with E-state index in [2.05, 4.69) is 25.0 Å². The number of carbonyl (C=O) groups is 1. The molecule has 2 aliphatic heterocycles. The van der Waals surface area contributed by atoms with Crippen LogP contribution in [0, 0.1) is 0 Å². The Balaban J connectivity index is 1.46. The van der Waals surface area contributed by atoms with E-state index >= 15 is 0 Å². The highest BCUT2D eigenvalue weighted by atomic mass is 16.5. The van der Waals surface area contributed by atoms with Gasteiger partial charge < -0.3 is 14.6 Å². The van der Waals surface area contributed by atoms with Crippen molar-refractivity contribution in [3.05, 3.63) is 11.6 Å². The second-order valence-electron chi connectivity index (χ2n) is 8.13. The lowest BCUT2D eigenvalue weighted by atomic mass is 9.97. The summed E-state index contributed by atoms with van der Waals surface area (Å²) < 4.78 is 7.86. The molecule has 2 aliphatic rings. The fourth-order valence-corrected chi connectivity index (χ4v) is 4.10. The van der Waals surface area contributed by atoms with Crippen molar-refractivity contribution in [1.29, 1.82) is 0 Å². The minimum absolute atomic E-state index is 0.111. The third-order valence-electron chi connectivity index (χ3n) is 5.47. The summed E-state index contributed by atoms with van der Waals surface area (Å²) in [6.45, 7) is 8.85. The molecule has 0 spiro atoms. The maximum absolute atomic E-state index is 12.3. The molecule has 0 aliphatic carbocycles. The van der Waals surface area contributed by atoms with E-state index in [1.807, 2.05) is 13.8 Å². The van der Waals surface area contributed by atoms with Gasteiger partial charge in [-0.25, -0.2) is 0 Å². The first-order chi connectivity index (χ1) is 13.1. The molecule has 3 rings (SSSR count). The van der Waals surface area contributed by atoms with E-state index in [9.17, 15) is 4.79 Å². The van der Waals surface area contributed by atoms with Gasteiger partial charge in [-0.3, -0.25) is 9.69 Å². The summed E-state index contributed by atoms with van der Waals surface area (Å²) in [5.74, 6) is 2.80. The first kappa shape index (κ1) is 20.3. The van der Waals surface area contributed by atoms with Crippen LogP contribution >= 0.6 is 0 Å². The number of fused-ring (bicyclic) bond motifs is 1. The minimum atomic E-state index is 0.111. The number of hydrogen-bond donors (Lipinski definition) is 1. The summed E-state index contributed by atoms with van der Waals surface area (Å²) in [6.07, 6.45) is 8.13. The molecule has 1 saturated heterocycles. The Bertz CT molecular complexity index is 601. The van der Waals surface area contributed by atoms with E-state index < -0.39 is 0 Å². The molecule has 1 aromatic rings. The topological polar surface area (TPSA) is 72.3 Å². The maximum atomic E-state index is 12.3. The Hall–Kier alpha value is -1.47. The quantitative estimate of drug-likeness (QED) is 0.703. The average molecular weight is 378 g/mol. The molecule has 27 heavy (non-hydrogen) atoms. The summed E-state index contributed by atoms with van der Waals surface area (Å²) in [6, 6.07) is 0. The zero-order chi connectivity index (χ0) is 19.1. The van der Waals surface area contributed by atoms with Crippen LogP contribution in [0.25, 0.3) is 0 Å². The molecule has 0 saturated carbocycles. The molecule has 1 amide bonds. The van der Waals surface area contributed by atoms with E-state index in [0.29, 0.717) is 25.6 Å². The number of carbonyl (C=O) groups excluding carboxylic acids is 1. The number of amides is 1. The second kappa shape index (κ2) is 10.2. The number of aromatic nitrogens is 3. The van der Waals surface area contributed by atoms with Crippen molar-refractivity contribution < 1.29 is 9.53 Å². The molecule has 0 aromatic carbocycles. The summed E-state index contributed by atoms with van der Waals surface area (Å²) in [4.78, 5) is 14.5. The largest absolute Gasteiger partial charge is 0.379 e. The molecule has 152 valence electrons. The summed E-state index contributed by atoms with van der Waals surface area (Å²) in [5, 5.41) is 12.0. The van der Waals surface area contributed by atoms with Gasteiger partial charge in [0, 0.05) is 38.6 Å². The van der Waals surface area contributed by atoms with Gasteiger partial charge in [-0.05, 0) is 52.5 Å². The Morgan fingerprint density at radius 3 is 2.96 bits per heavy atom. The summed E-state index contributed by atoms with van der Waals surface area (Å²) >= 11 is 0. The highest BCUT2D eigenvalue weighted by molar-refractivity contribution is 5.78. The Kier molecular flexibility index (Phi) is 7.64. The van der Waals surface area contributed by atoms with E-state index in [1.54, 1.807) is 0 Å². The van der Waals surface area contributed by atoms with Crippen molar-refractivity contribution in [1.82, 2.24) is 25.0 Å². The number of likely N-dealkylation sites (tertiary alicyclic amines) is 1. The van der Waals surface area contributed by atoms with Crippen molar-refractivity contribution in [2.75, 3.05) is 32.8 Å². The fraction of sp³-hybridized carbons (Fsp3) is 0.850.